The van der Waals surface area contributed by atoms with Crippen molar-refractivity contribution in [1.82, 2.24) is 14.9 Å². The van der Waals surface area contributed by atoms with E-state index >= 15 is 0 Å². The normalized spacial score (nSPS) is 18.6. The highest BCUT2D eigenvalue weighted by Crippen LogP contribution is 2.28. The molecule has 1 aromatic heterocycles. The SMILES string of the molecule is O=C(NC1(C(=O)O)CCCCC1)c1cnns1. The molecule has 0 aromatic carbocycles. The fourth-order valence-electron chi connectivity index (χ4n) is 2.09. The molecule has 1 aliphatic rings. The highest BCUT2D eigenvalue weighted by atomic mass is 32.1. The number of hydrogen-bond donors (Lipinski definition) is 2. The molecule has 1 heterocycles. The first-order chi connectivity index (χ1) is 8.14. The van der Waals surface area contributed by atoms with Gasteiger partial charge in [-0.25, -0.2) is 4.79 Å². The number of carboxylic acid groups (broad SMARTS) is 1. The lowest BCUT2D eigenvalue weighted by atomic mass is 9.81. The van der Waals surface area contributed by atoms with Crippen LogP contribution in [-0.2, 0) is 4.79 Å². The molecule has 2 rings (SSSR count). The summed E-state index contributed by atoms with van der Waals surface area (Å²) in [7, 11) is 0. The summed E-state index contributed by atoms with van der Waals surface area (Å²) in [5.41, 5.74) is -1.11. The van der Waals surface area contributed by atoms with Crippen LogP contribution < -0.4 is 5.32 Å². The third-order valence-corrected chi connectivity index (χ3v) is 3.72. The molecule has 17 heavy (non-hydrogen) atoms. The van der Waals surface area contributed by atoms with Gasteiger partial charge in [0.1, 0.15) is 10.4 Å². The number of nitrogens with zero attached hydrogens (tertiary/aromatic N) is 2. The molecular formula is C10H13N3O3S. The second kappa shape index (κ2) is 4.79. The van der Waals surface area contributed by atoms with Crippen LogP contribution in [0, 0.1) is 0 Å². The Kier molecular flexibility index (Phi) is 3.37. The molecule has 7 heteroatoms. The molecule has 1 saturated carbocycles. The van der Waals surface area contributed by atoms with E-state index in [0.29, 0.717) is 17.7 Å². The Morgan fingerprint density at radius 3 is 2.59 bits per heavy atom. The molecule has 1 aromatic rings. The number of aliphatic carboxylic acids is 1. The third kappa shape index (κ3) is 2.44. The molecule has 1 aliphatic carbocycles. The van der Waals surface area contributed by atoms with Crippen molar-refractivity contribution in [2.24, 2.45) is 0 Å². The van der Waals surface area contributed by atoms with Gasteiger partial charge in [0.25, 0.3) is 5.91 Å². The first-order valence-electron chi connectivity index (χ1n) is 5.47. The molecule has 0 bridgehead atoms. The van der Waals surface area contributed by atoms with E-state index in [0.717, 1.165) is 30.8 Å². The van der Waals surface area contributed by atoms with Crippen LogP contribution in [0.25, 0.3) is 0 Å². The second-order valence-electron chi connectivity index (χ2n) is 4.18. The average Bonchev–Trinajstić information content (AvgIpc) is 2.83. The molecule has 0 atom stereocenters. The Balaban J connectivity index is 2.13. The fourth-order valence-corrected chi connectivity index (χ4v) is 2.50. The minimum Gasteiger partial charge on any atom is -0.480 e. The first kappa shape index (κ1) is 12.0. The Hall–Kier alpha value is -1.50. The first-order valence-corrected chi connectivity index (χ1v) is 6.25. The molecule has 0 unspecified atom stereocenters. The van der Waals surface area contributed by atoms with Crippen molar-refractivity contribution in [3.8, 4) is 0 Å². The molecule has 6 nitrogen and oxygen atoms in total. The summed E-state index contributed by atoms with van der Waals surface area (Å²) in [4.78, 5) is 23.5. The lowest BCUT2D eigenvalue weighted by molar-refractivity contribution is -0.145. The zero-order valence-corrected chi connectivity index (χ0v) is 10.00. The molecular weight excluding hydrogens is 242 g/mol. The zero-order chi connectivity index (χ0) is 12.3. The van der Waals surface area contributed by atoms with E-state index in [-0.39, 0.29) is 0 Å². The number of carbonyl (C=O) groups excluding carboxylic acids is 1. The Morgan fingerprint density at radius 1 is 1.35 bits per heavy atom. The van der Waals surface area contributed by atoms with Gasteiger partial charge in [0.05, 0.1) is 6.20 Å². The van der Waals surface area contributed by atoms with Crippen molar-refractivity contribution in [2.45, 2.75) is 37.6 Å². The molecule has 1 amide bonds. The van der Waals surface area contributed by atoms with E-state index in [2.05, 4.69) is 14.9 Å². The summed E-state index contributed by atoms with van der Waals surface area (Å²) in [6.45, 7) is 0. The van der Waals surface area contributed by atoms with Crippen molar-refractivity contribution in [2.75, 3.05) is 0 Å². The van der Waals surface area contributed by atoms with E-state index in [9.17, 15) is 14.7 Å². The summed E-state index contributed by atoms with van der Waals surface area (Å²) in [5.74, 6) is -1.35. The lowest BCUT2D eigenvalue weighted by Crippen LogP contribution is -2.55. The van der Waals surface area contributed by atoms with Crippen LogP contribution >= 0.6 is 11.5 Å². The van der Waals surface area contributed by atoms with Crippen LogP contribution in [0.1, 0.15) is 41.8 Å². The van der Waals surface area contributed by atoms with Crippen LogP contribution in [0.15, 0.2) is 6.20 Å². The summed E-state index contributed by atoms with van der Waals surface area (Å²) in [5, 5.41) is 15.5. The van der Waals surface area contributed by atoms with Gasteiger partial charge in [-0.1, -0.05) is 23.8 Å². The molecule has 2 N–H and O–H groups in total. The standard InChI is InChI=1S/C10H13N3O3S/c14-8(7-6-11-13-17-7)12-10(9(15)16)4-2-1-3-5-10/h6H,1-5H2,(H,12,14)(H,15,16). The highest BCUT2D eigenvalue weighted by molar-refractivity contribution is 7.07. The minimum absolute atomic E-state index is 0.344. The number of hydrogen-bond acceptors (Lipinski definition) is 5. The van der Waals surface area contributed by atoms with Gasteiger partial charge in [-0.05, 0) is 24.4 Å². The maximum atomic E-state index is 11.8. The summed E-state index contributed by atoms with van der Waals surface area (Å²) < 4.78 is 3.59. The van der Waals surface area contributed by atoms with Crippen molar-refractivity contribution < 1.29 is 14.7 Å². The van der Waals surface area contributed by atoms with Gasteiger partial charge >= 0.3 is 5.97 Å². The van der Waals surface area contributed by atoms with Gasteiger partial charge in [-0.15, -0.1) is 5.10 Å². The topological polar surface area (TPSA) is 92.2 Å². The fraction of sp³-hybridized carbons (Fsp3) is 0.600. The van der Waals surface area contributed by atoms with Crippen molar-refractivity contribution in [3.05, 3.63) is 11.1 Å². The van der Waals surface area contributed by atoms with Crippen molar-refractivity contribution in [1.29, 1.82) is 0 Å². The number of carboxylic acids is 1. The number of amides is 1. The predicted octanol–water partition coefficient (Wildman–Crippen LogP) is 1.06. The van der Waals surface area contributed by atoms with Crippen molar-refractivity contribution >= 4 is 23.4 Å². The maximum Gasteiger partial charge on any atom is 0.329 e. The minimum atomic E-state index is -1.11. The molecule has 0 radical (unpaired) electrons. The Labute approximate surface area is 102 Å². The van der Waals surface area contributed by atoms with E-state index in [1.165, 1.54) is 6.20 Å². The van der Waals surface area contributed by atoms with Gasteiger partial charge < -0.3 is 10.4 Å². The molecule has 0 saturated heterocycles. The Morgan fingerprint density at radius 2 is 2.06 bits per heavy atom. The smallest absolute Gasteiger partial charge is 0.329 e. The van der Waals surface area contributed by atoms with Gasteiger partial charge in [0.2, 0.25) is 0 Å². The van der Waals surface area contributed by atoms with Gasteiger partial charge in [-0.3, -0.25) is 4.79 Å². The average molecular weight is 255 g/mol. The van der Waals surface area contributed by atoms with E-state index in [1.807, 2.05) is 0 Å². The summed E-state index contributed by atoms with van der Waals surface area (Å²) in [6.07, 6.45) is 4.99. The maximum absolute atomic E-state index is 11.8. The second-order valence-corrected chi connectivity index (χ2v) is 4.97. The van der Waals surface area contributed by atoms with Crippen LogP contribution in [0.5, 0.6) is 0 Å². The zero-order valence-electron chi connectivity index (χ0n) is 9.18. The van der Waals surface area contributed by atoms with Crippen LogP contribution in [-0.4, -0.2) is 32.1 Å². The molecule has 1 fully saturated rings. The van der Waals surface area contributed by atoms with E-state index in [1.54, 1.807) is 0 Å². The molecule has 0 spiro atoms. The summed E-state index contributed by atoms with van der Waals surface area (Å²) >= 11 is 0.964. The number of carbonyl (C=O) groups is 2. The van der Waals surface area contributed by atoms with Gasteiger partial charge in [0.15, 0.2) is 0 Å². The quantitative estimate of drug-likeness (QED) is 0.842. The lowest BCUT2D eigenvalue weighted by Gasteiger charge is -2.33. The predicted molar refractivity (Wildman–Crippen MR) is 60.8 cm³/mol. The van der Waals surface area contributed by atoms with E-state index < -0.39 is 17.4 Å². The van der Waals surface area contributed by atoms with Crippen LogP contribution in [0.3, 0.4) is 0 Å². The third-order valence-electron chi connectivity index (χ3n) is 3.05. The van der Waals surface area contributed by atoms with Crippen LogP contribution in [0.2, 0.25) is 0 Å². The number of nitrogens with one attached hydrogen (secondary N) is 1. The molecule has 0 aliphatic heterocycles. The van der Waals surface area contributed by atoms with Crippen LogP contribution in [0.4, 0.5) is 0 Å². The van der Waals surface area contributed by atoms with Gasteiger partial charge in [0, 0.05) is 0 Å². The van der Waals surface area contributed by atoms with E-state index in [4.69, 9.17) is 0 Å². The summed E-state index contributed by atoms with van der Waals surface area (Å²) in [6, 6.07) is 0. The monoisotopic (exact) mass is 255 g/mol. The number of rotatable bonds is 3. The Bertz CT molecular complexity index is 412. The van der Waals surface area contributed by atoms with Crippen molar-refractivity contribution in [3.63, 3.8) is 0 Å². The largest absolute Gasteiger partial charge is 0.480 e. The van der Waals surface area contributed by atoms with Gasteiger partial charge in [-0.2, -0.15) is 0 Å². The molecule has 92 valence electrons. The highest BCUT2D eigenvalue weighted by Gasteiger charge is 2.41. The number of aromatic nitrogens is 2.